The molecule has 0 spiro atoms. The first-order valence-corrected chi connectivity index (χ1v) is 10.2. The topological polar surface area (TPSA) is 72.0 Å². The maximum absolute atomic E-state index is 13.0. The van der Waals surface area contributed by atoms with Crippen LogP contribution in [-0.2, 0) is 15.8 Å². The summed E-state index contributed by atoms with van der Waals surface area (Å²) in [6.07, 6.45) is -3.30. The maximum atomic E-state index is 13.0. The normalized spacial score (nSPS) is 21.2. The van der Waals surface area contributed by atoms with Gasteiger partial charge in [0.05, 0.1) is 25.1 Å². The number of hydrogen-bond donors (Lipinski definition) is 0. The number of pyridine rings is 1. The van der Waals surface area contributed by atoms with Crippen molar-refractivity contribution < 1.29 is 32.2 Å². The molecule has 2 aliphatic rings. The third-order valence-corrected chi connectivity index (χ3v) is 5.66. The van der Waals surface area contributed by atoms with Crippen LogP contribution in [0.5, 0.6) is 11.6 Å². The smallest absolute Gasteiger partial charge is 0.416 e. The number of nitrogens with zero attached hydrogens (tertiary/aromatic N) is 3. The SMILES string of the molecule is COc1ccc(N2CC(C(=O)N3CCC(Oc4cc(C(F)(F)F)ccn4)C3)CC2=O)cc1. The highest BCUT2D eigenvalue weighted by molar-refractivity contribution is 6.00. The van der Waals surface area contributed by atoms with Crippen LogP contribution in [0.4, 0.5) is 18.9 Å². The fourth-order valence-electron chi connectivity index (χ4n) is 3.99. The zero-order chi connectivity index (χ0) is 22.9. The van der Waals surface area contributed by atoms with Crippen LogP contribution in [0.1, 0.15) is 18.4 Å². The number of halogens is 3. The molecular weight excluding hydrogens is 427 g/mol. The molecule has 2 aliphatic heterocycles. The van der Waals surface area contributed by atoms with Crippen LogP contribution >= 0.6 is 0 Å². The van der Waals surface area contributed by atoms with E-state index in [0.29, 0.717) is 24.4 Å². The highest BCUT2D eigenvalue weighted by Gasteiger charge is 2.39. The first kappa shape index (κ1) is 21.9. The van der Waals surface area contributed by atoms with Crippen molar-refractivity contribution in [2.75, 3.05) is 31.6 Å². The predicted octanol–water partition coefficient (Wildman–Crippen LogP) is 3.14. The van der Waals surface area contributed by atoms with E-state index >= 15 is 0 Å². The number of anilines is 1. The molecule has 10 heteroatoms. The van der Waals surface area contributed by atoms with E-state index in [-0.39, 0.29) is 37.2 Å². The lowest BCUT2D eigenvalue weighted by Gasteiger charge is -2.21. The Bertz CT molecular complexity index is 997. The van der Waals surface area contributed by atoms with Gasteiger partial charge in [-0.05, 0) is 30.3 Å². The summed E-state index contributed by atoms with van der Waals surface area (Å²) in [6, 6.07) is 8.77. The summed E-state index contributed by atoms with van der Waals surface area (Å²) in [5.74, 6) is -0.214. The van der Waals surface area contributed by atoms with Crippen LogP contribution in [-0.4, -0.2) is 54.5 Å². The van der Waals surface area contributed by atoms with Crippen molar-refractivity contribution in [3.05, 3.63) is 48.2 Å². The summed E-state index contributed by atoms with van der Waals surface area (Å²) >= 11 is 0. The number of alkyl halides is 3. The van der Waals surface area contributed by atoms with Crippen molar-refractivity contribution in [2.45, 2.75) is 25.1 Å². The van der Waals surface area contributed by atoms with Gasteiger partial charge in [0.25, 0.3) is 0 Å². The molecule has 2 saturated heterocycles. The van der Waals surface area contributed by atoms with E-state index in [1.807, 2.05) is 0 Å². The summed E-state index contributed by atoms with van der Waals surface area (Å²) in [7, 11) is 1.56. The molecule has 0 aliphatic carbocycles. The molecule has 1 aromatic heterocycles. The van der Waals surface area contributed by atoms with Gasteiger partial charge < -0.3 is 19.3 Å². The summed E-state index contributed by atoms with van der Waals surface area (Å²) in [5, 5.41) is 0. The molecule has 0 radical (unpaired) electrons. The summed E-state index contributed by atoms with van der Waals surface area (Å²) in [5.41, 5.74) is -0.138. The molecule has 0 N–H and O–H groups in total. The Morgan fingerprint density at radius 1 is 1.16 bits per heavy atom. The van der Waals surface area contributed by atoms with Crippen LogP contribution in [0.2, 0.25) is 0 Å². The van der Waals surface area contributed by atoms with Crippen molar-refractivity contribution >= 4 is 17.5 Å². The monoisotopic (exact) mass is 449 g/mol. The lowest BCUT2D eigenvalue weighted by atomic mass is 10.1. The van der Waals surface area contributed by atoms with E-state index in [9.17, 15) is 22.8 Å². The van der Waals surface area contributed by atoms with Gasteiger partial charge in [0.1, 0.15) is 11.9 Å². The molecule has 170 valence electrons. The van der Waals surface area contributed by atoms with Crippen molar-refractivity contribution in [1.29, 1.82) is 0 Å². The van der Waals surface area contributed by atoms with E-state index in [4.69, 9.17) is 9.47 Å². The highest BCUT2D eigenvalue weighted by atomic mass is 19.4. The second-order valence-corrected chi connectivity index (χ2v) is 7.80. The van der Waals surface area contributed by atoms with Gasteiger partial charge in [-0.1, -0.05) is 0 Å². The lowest BCUT2D eigenvalue weighted by molar-refractivity contribution is -0.137. The van der Waals surface area contributed by atoms with Crippen molar-refractivity contribution in [3.8, 4) is 11.6 Å². The molecule has 0 bridgehead atoms. The summed E-state index contributed by atoms with van der Waals surface area (Å²) in [6.45, 7) is 0.931. The molecule has 3 heterocycles. The molecule has 2 unspecified atom stereocenters. The molecule has 4 rings (SSSR count). The number of hydrogen-bond acceptors (Lipinski definition) is 5. The molecular formula is C22H22F3N3O4. The maximum Gasteiger partial charge on any atom is 0.416 e. The van der Waals surface area contributed by atoms with Crippen LogP contribution in [0.3, 0.4) is 0 Å². The summed E-state index contributed by atoms with van der Waals surface area (Å²) < 4.78 is 49.3. The first-order chi connectivity index (χ1) is 15.2. The van der Waals surface area contributed by atoms with Crippen molar-refractivity contribution in [2.24, 2.45) is 5.92 Å². The average molecular weight is 449 g/mol. The number of methoxy groups -OCH3 is 1. The number of aromatic nitrogens is 1. The standard InChI is InChI=1S/C22H22F3N3O4/c1-31-17-4-2-16(3-5-17)28-12-14(10-20(28)29)21(30)27-9-7-18(13-27)32-19-11-15(6-8-26-19)22(23,24)25/h2-6,8,11,14,18H,7,9-10,12-13H2,1H3. The van der Waals surface area contributed by atoms with Gasteiger partial charge in [-0.25, -0.2) is 4.98 Å². The summed E-state index contributed by atoms with van der Waals surface area (Å²) in [4.78, 5) is 32.5. The van der Waals surface area contributed by atoms with Gasteiger partial charge >= 0.3 is 6.18 Å². The van der Waals surface area contributed by atoms with Gasteiger partial charge in [-0.2, -0.15) is 13.2 Å². The minimum absolute atomic E-state index is 0.113. The fourth-order valence-corrected chi connectivity index (χ4v) is 3.99. The van der Waals surface area contributed by atoms with Gasteiger partial charge in [0.2, 0.25) is 17.7 Å². The Kier molecular flexibility index (Phi) is 5.94. The molecule has 1 aromatic carbocycles. The predicted molar refractivity (Wildman–Crippen MR) is 108 cm³/mol. The number of carbonyl (C=O) groups excluding carboxylic acids is 2. The molecule has 2 amide bonds. The van der Waals surface area contributed by atoms with Crippen LogP contribution < -0.4 is 14.4 Å². The van der Waals surface area contributed by atoms with E-state index in [0.717, 1.165) is 18.3 Å². The van der Waals surface area contributed by atoms with E-state index in [2.05, 4.69) is 4.98 Å². The van der Waals surface area contributed by atoms with Gasteiger partial charge in [0.15, 0.2) is 0 Å². The first-order valence-electron chi connectivity index (χ1n) is 10.2. The third kappa shape index (κ3) is 4.63. The minimum atomic E-state index is -4.48. The number of rotatable bonds is 5. The zero-order valence-electron chi connectivity index (χ0n) is 17.3. The number of benzene rings is 1. The minimum Gasteiger partial charge on any atom is -0.497 e. The third-order valence-electron chi connectivity index (χ3n) is 5.66. The van der Waals surface area contributed by atoms with E-state index in [1.54, 1.807) is 41.2 Å². The van der Waals surface area contributed by atoms with Crippen molar-refractivity contribution in [3.63, 3.8) is 0 Å². The molecule has 2 fully saturated rings. The highest BCUT2D eigenvalue weighted by Crippen LogP contribution is 2.32. The van der Waals surface area contributed by atoms with Crippen molar-refractivity contribution in [1.82, 2.24) is 9.88 Å². The number of amides is 2. The second-order valence-electron chi connectivity index (χ2n) is 7.80. The Morgan fingerprint density at radius 3 is 2.59 bits per heavy atom. The van der Waals surface area contributed by atoms with Gasteiger partial charge in [0, 0.05) is 43.9 Å². The van der Waals surface area contributed by atoms with E-state index in [1.165, 1.54) is 0 Å². The molecule has 2 atom stereocenters. The molecule has 7 nitrogen and oxygen atoms in total. The van der Waals surface area contributed by atoms with Crippen LogP contribution in [0.15, 0.2) is 42.6 Å². The quantitative estimate of drug-likeness (QED) is 0.702. The Hall–Kier alpha value is -3.30. The number of likely N-dealkylation sites (tertiary alicyclic amines) is 1. The molecule has 2 aromatic rings. The Morgan fingerprint density at radius 2 is 1.91 bits per heavy atom. The van der Waals surface area contributed by atoms with Gasteiger partial charge in [-0.15, -0.1) is 0 Å². The Labute approximate surface area is 182 Å². The molecule has 0 saturated carbocycles. The lowest BCUT2D eigenvalue weighted by Crippen LogP contribution is -2.37. The van der Waals surface area contributed by atoms with Crippen LogP contribution in [0.25, 0.3) is 0 Å². The molecule has 32 heavy (non-hydrogen) atoms. The second kappa shape index (κ2) is 8.68. The largest absolute Gasteiger partial charge is 0.497 e. The van der Waals surface area contributed by atoms with Crippen LogP contribution in [0, 0.1) is 5.92 Å². The number of ether oxygens (including phenoxy) is 2. The zero-order valence-corrected chi connectivity index (χ0v) is 17.3. The fraction of sp³-hybridized carbons (Fsp3) is 0.409. The number of carbonyl (C=O) groups is 2. The van der Waals surface area contributed by atoms with Gasteiger partial charge in [-0.3, -0.25) is 9.59 Å². The average Bonchev–Trinajstić information content (AvgIpc) is 3.40. The van der Waals surface area contributed by atoms with E-state index < -0.39 is 23.8 Å². The Balaban J connectivity index is 1.35.